The Morgan fingerprint density at radius 2 is 1.88 bits per heavy atom. The first-order valence-corrected chi connectivity index (χ1v) is 8.74. The van der Waals surface area contributed by atoms with Crippen LogP contribution in [0.2, 0.25) is 0 Å². The fourth-order valence-corrected chi connectivity index (χ4v) is 3.39. The molecule has 0 unspecified atom stereocenters. The van der Waals surface area contributed by atoms with Gasteiger partial charge in [0.2, 0.25) is 5.75 Å². The van der Waals surface area contributed by atoms with E-state index in [1.54, 1.807) is 17.0 Å². The topological polar surface area (TPSA) is 93.3 Å². The van der Waals surface area contributed by atoms with Crippen molar-refractivity contribution in [1.82, 2.24) is 24.3 Å². The summed E-state index contributed by atoms with van der Waals surface area (Å²) < 4.78 is 19.4. The Morgan fingerprint density at radius 1 is 1.12 bits per heavy atom. The molecule has 3 aromatic rings. The van der Waals surface area contributed by atoms with Crippen LogP contribution in [0.1, 0.15) is 0 Å². The summed E-state index contributed by atoms with van der Waals surface area (Å²) in [6.45, 7) is 0.482. The third-order valence-corrected chi connectivity index (χ3v) is 4.87. The third-order valence-electron chi connectivity index (χ3n) is 3.85. The predicted octanol–water partition coefficient (Wildman–Crippen LogP) is 1.34. The van der Waals surface area contributed by atoms with Crippen molar-refractivity contribution in [3.8, 4) is 17.2 Å². The van der Waals surface area contributed by atoms with E-state index in [0.717, 1.165) is 5.16 Å². The molecule has 0 radical (unpaired) electrons. The maximum absolute atomic E-state index is 12.9. The summed E-state index contributed by atoms with van der Waals surface area (Å²) in [5.41, 5.74) is 0.264. The maximum atomic E-state index is 12.9. The Morgan fingerprint density at radius 3 is 2.50 bits per heavy atom. The van der Waals surface area contributed by atoms with Crippen molar-refractivity contribution in [1.29, 1.82) is 0 Å². The lowest BCUT2D eigenvalue weighted by molar-refractivity contribution is 0.326. The van der Waals surface area contributed by atoms with Crippen LogP contribution in [0.15, 0.2) is 28.7 Å². The van der Waals surface area contributed by atoms with Gasteiger partial charge in [-0.2, -0.15) is 0 Å². The van der Waals surface area contributed by atoms with Gasteiger partial charge in [-0.3, -0.25) is 9.36 Å². The van der Waals surface area contributed by atoms with Gasteiger partial charge in [0.05, 0.1) is 33.0 Å². The molecular weight excluding hydrogens is 358 g/mol. The summed E-state index contributed by atoms with van der Waals surface area (Å²) in [6.07, 6.45) is 3.15. The van der Waals surface area contributed by atoms with Crippen LogP contribution >= 0.6 is 11.8 Å². The summed E-state index contributed by atoms with van der Waals surface area (Å²) in [5, 5.41) is 9.04. The second-order valence-electron chi connectivity index (χ2n) is 5.36. The minimum atomic E-state index is -0.173. The van der Waals surface area contributed by atoms with Gasteiger partial charge in [0.1, 0.15) is 11.8 Å². The normalized spacial score (nSPS) is 10.9. The number of hydrogen-bond donors (Lipinski definition) is 0. The van der Waals surface area contributed by atoms with Gasteiger partial charge in [-0.05, 0) is 6.07 Å². The van der Waals surface area contributed by atoms with Gasteiger partial charge in [-0.15, -0.1) is 10.2 Å². The van der Waals surface area contributed by atoms with Crippen LogP contribution in [0.3, 0.4) is 0 Å². The van der Waals surface area contributed by atoms with E-state index in [9.17, 15) is 4.79 Å². The van der Waals surface area contributed by atoms with Gasteiger partial charge < -0.3 is 18.8 Å². The summed E-state index contributed by atoms with van der Waals surface area (Å²) in [6, 6.07) is 1.62. The van der Waals surface area contributed by atoms with Crippen LogP contribution in [0, 0.1) is 0 Å². The van der Waals surface area contributed by atoms with Crippen molar-refractivity contribution in [3.05, 3.63) is 29.1 Å². The minimum absolute atomic E-state index is 0.173. The molecule has 0 aliphatic carbocycles. The number of methoxy groups -OCH3 is 3. The molecule has 0 spiro atoms. The lowest BCUT2D eigenvalue weighted by Crippen LogP contribution is -2.22. The molecule has 10 heteroatoms. The summed E-state index contributed by atoms with van der Waals surface area (Å²) in [5.74, 6) is 1.86. The number of aryl methyl sites for hydroxylation is 2. The zero-order valence-electron chi connectivity index (χ0n) is 14.9. The van der Waals surface area contributed by atoms with Crippen molar-refractivity contribution < 1.29 is 14.2 Å². The standard InChI is InChI=1S/C16H19N5O4S/c1-20-9-18-19-16(20)26-6-5-21-8-17-12-10(15(21)22)7-11(23-2)13(24-3)14(12)25-4/h7-9H,5-6H2,1-4H3. The van der Waals surface area contributed by atoms with Gasteiger partial charge in [0.25, 0.3) is 5.56 Å². The van der Waals surface area contributed by atoms with Gasteiger partial charge in [0.15, 0.2) is 16.7 Å². The fourth-order valence-electron chi connectivity index (χ4n) is 2.56. The zero-order chi connectivity index (χ0) is 18.7. The smallest absolute Gasteiger partial charge is 0.261 e. The van der Waals surface area contributed by atoms with E-state index < -0.39 is 0 Å². The lowest BCUT2D eigenvalue weighted by atomic mass is 10.2. The van der Waals surface area contributed by atoms with Gasteiger partial charge in [-0.25, -0.2) is 4.98 Å². The zero-order valence-corrected chi connectivity index (χ0v) is 15.7. The first-order chi connectivity index (χ1) is 12.6. The first-order valence-electron chi connectivity index (χ1n) is 7.75. The average molecular weight is 377 g/mol. The summed E-state index contributed by atoms with van der Waals surface area (Å²) >= 11 is 1.52. The minimum Gasteiger partial charge on any atom is -0.493 e. The van der Waals surface area contributed by atoms with Crippen molar-refractivity contribution in [2.45, 2.75) is 11.7 Å². The molecule has 0 bridgehead atoms. The molecular formula is C16H19N5O4S. The molecule has 0 amide bonds. The van der Waals surface area contributed by atoms with E-state index >= 15 is 0 Å². The molecule has 26 heavy (non-hydrogen) atoms. The molecule has 0 fully saturated rings. The molecule has 9 nitrogen and oxygen atoms in total. The maximum Gasteiger partial charge on any atom is 0.261 e. The molecule has 2 aromatic heterocycles. The summed E-state index contributed by atoms with van der Waals surface area (Å²) in [7, 11) is 6.40. The molecule has 0 saturated heterocycles. The molecule has 2 heterocycles. The Kier molecular flexibility index (Phi) is 5.31. The molecule has 0 aliphatic heterocycles. The van der Waals surface area contributed by atoms with Crippen LogP contribution in [0.25, 0.3) is 10.9 Å². The molecule has 0 aliphatic rings. The predicted molar refractivity (Wildman–Crippen MR) is 97.4 cm³/mol. The number of benzene rings is 1. The largest absolute Gasteiger partial charge is 0.493 e. The number of thioether (sulfide) groups is 1. The average Bonchev–Trinajstić information content (AvgIpc) is 3.06. The van der Waals surface area contributed by atoms with Crippen molar-refractivity contribution >= 4 is 22.7 Å². The fraction of sp³-hybridized carbons (Fsp3) is 0.375. The third kappa shape index (κ3) is 3.19. The Balaban J connectivity index is 1.95. The number of rotatable bonds is 7. The van der Waals surface area contributed by atoms with E-state index in [2.05, 4.69) is 15.2 Å². The Labute approximate surface area is 153 Å². The molecule has 138 valence electrons. The SMILES string of the molecule is COc1cc2c(=O)n(CCSc3nncn3C)cnc2c(OC)c1OC. The second kappa shape index (κ2) is 7.65. The highest BCUT2D eigenvalue weighted by Crippen LogP contribution is 2.41. The van der Waals surface area contributed by atoms with Crippen LogP contribution in [-0.2, 0) is 13.6 Å². The highest BCUT2D eigenvalue weighted by atomic mass is 32.2. The first kappa shape index (κ1) is 18.1. The van der Waals surface area contributed by atoms with Gasteiger partial charge >= 0.3 is 0 Å². The molecule has 1 aromatic carbocycles. The molecule has 0 atom stereocenters. The van der Waals surface area contributed by atoms with Crippen molar-refractivity contribution in [2.75, 3.05) is 27.1 Å². The molecule has 0 saturated carbocycles. The van der Waals surface area contributed by atoms with E-state index in [0.29, 0.717) is 40.4 Å². The van der Waals surface area contributed by atoms with E-state index in [-0.39, 0.29) is 5.56 Å². The quantitative estimate of drug-likeness (QED) is 0.570. The van der Waals surface area contributed by atoms with Crippen LogP contribution in [0.4, 0.5) is 0 Å². The Hall–Kier alpha value is -2.75. The highest BCUT2D eigenvalue weighted by molar-refractivity contribution is 7.99. The molecule has 0 N–H and O–H groups in total. The van der Waals surface area contributed by atoms with Gasteiger partial charge in [-0.1, -0.05) is 11.8 Å². The number of aromatic nitrogens is 5. The van der Waals surface area contributed by atoms with Crippen LogP contribution < -0.4 is 19.8 Å². The van der Waals surface area contributed by atoms with E-state index in [1.807, 2.05) is 11.6 Å². The van der Waals surface area contributed by atoms with Crippen LogP contribution in [0.5, 0.6) is 17.2 Å². The summed E-state index contributed by atoms with van der Waals surface area (Å²) in [4.78, 5) is 17.2. The monoisotopic (exact) mass is 377 g/mol. The van der Waals surface area contributed by atoms with Crippen molar-refractivity contribution in [3.63, 3.8) is 0 Å². The lowest BCUT2D eigenvalue weighted by Gasteiger charge is -2.14. The number of nitrogens with zero attached hydrogens (tertiary/aromatic N) is 5. The van der Waals surface area contributed by atoms with E-state index in [1.165, 1.54) is 39.4 Å². The Bertz CT molecular complexity index is 985. The molecule has 3 rings (SSSR count). The van der Waals surface area contributed by atoms with Crippen LogP contribution in [-0.4, -0.2) is 51.4 Å². The van der Waals surface area contributed by atoms with E-state index in [4.69, 9.17) is 14.2 Å². The van der Waals surface area contributed by atoms with Crippen molar-refractivity contribution in [2.24, 2.45) is 7.05 Å². The number of hydrogen-bond acceptors (Lipinski definition) is 8. The second-order valence-corrected chi connectivity index (χ2v) is 6.42. The number of fused-ring (bicyclic) bond motifs is 1. The van der Waals surface area contributed by atoms with Gasteiger partial charge in [0, 0.05) is 19.3 Å². The number of ether oxygens (including phenoxy) is 3. The highest BCUT2D eigenvalue weighted by Gasteiger charge is 2.19.